The fourth-order valence-electron chi connectivity index (χ4n) is 3.75. The minimum Gasteiger partial charge on any atom is -0.394 e. The number of aliphatic hydroxyl groups excluding tert-OH is 1. The van der Waals surface area contributed by atoms with Crippen molar-refractivity contribution in [1.82, 2.24) is 10.2 Å². The number of hydrogen-bond acceptors (Lipinski definition) is 4. The molecule has 5 nitrogen and oxygen atoms in total. The molecule has 2 aliphatic rings. The van der Waals surface area contributed by atoms with Crippen LogP contribution in [0.3, 0.4) is 0 Å². The van der Waals surface area contributed by atoms with E-state index in [1.54, 1.807) is 0 Å². The molecule has 144 valence electrons. The second-order valence-electron chi connectivity index (χ2n) is 7.54. The number of rotatable bonds is 6. The summed E-state index contributed by atoms with van der Waals surface area (Å²) >= 11 is 0. The number of halogens is 2. The van der Waals surface area contributed by atoms with Gasteiger partial charge in [0.1, 0.15) is 0 Å². The molecule has 0 aromatic heterocycles. The number of ether oxygens (including phenoxy) is 1. The van der Waals surface area contributed by atoms with Crippen LogP contribution >= 0.6 is 0 Å². The monoisotopic (exact) mass is 368 g/mol. The van der Waals surface area contributed by atoms with Crippen LogP contribution in [-0.4, -0.2) is 59.8 Å². The molecule has 7 heteroatoms. The smallest absolute Gasteiger partial charge is 0.249 e. The van der Waals surface area contributed by atoms with E-state index in [0.717, 1.165) is 5.56 Å². The molecular formula is C19H26F2N2O3. The van der Waals surface area contributed by atoms with Crippen LogP contribution in [0.5, 0.6) is 0 Å². The predicted molar refractivity (Wildman–Crippen MR) is 92.8 cm³/mol. The zero-order valence-electron chi connectivity index (χ0n) is 15.0. The normalized spacial score (nSPS) is 29.2. The van der Waals surface area contributed by atoms with E-state index in [0.29, 0.717) is 13.2 Å². The van der Waals surface area contributed by atoms with E-state index in [1.807, 2.05) is 37.3 Å². The third-order valence-electron chi connectivity index (χ3n) is 5.41. The first-order chi connectivity index (χ1) is 12.4. The number of nitrogens with one attached hydrogen (secondary N) is 1. The first-order valence-electron chi connectivity index (χ1n) is 9.00. The van der Waals surface area contributed by atoms with Gasteiger partial charge in [0.25, 0.3) is 0 Å². The molecule has 1 aliphatic carbocycles. The molecule has 3 rings (SSSR count). The van der Waals surface area contributed by atoms with Crippen molar-refractivity contribution in [3.8, 4) is 0 Å². The van der Waals surface area contributed by atoms with Crippen LogP contribution in [0, 0.1) is 5.92 Å². The molecule has 2 fully saturated rings. The lowest BCUT2D eigenvalue weighted by Gasteiger charge is -2.49. The van der Waals surface area contributed by atoms with Gasteiger partial charge in [0.05, 0.1) is 25.4 Å². The SMILES string of the molecule is C[C@@H]1COC[C@@](CO)(CNC(=O)C2CC(F)(F)C2)N1Cc1ccccc1. The molecule has 1 saturated carbocycles. The summed E-state index contributed by atoms with van der Waals surface area (Å²) in [5, 5.41) is 12.9. The van der Waals surface area contributed by atoms with Crippen LogP contribution in [0.4, 0.5) is 8.78 Å². The Morgan fingerprint density at radius 3 is 2.65 bits per heavy atom. The van der Waals surface area contributed by atoms with Crippen LogP contribution in [0.15, 0.2) is 30.3 Å². The van der Waals surface area contributed by atoms with Crippen molar-refractivity contribution in [2.75, 3.05) is 26.4 Å². The number of nitrogens with zero attached hydrogens (tertiary/aromatic N) is 1. The zero-order valence-corrected chi connectivity index (χ0v) is 15.0. The van der Waals surface area contributed by atoms with Crippen LogP contribution in [0.1, 0.15) is 25.3 Å². The van der Waals surface area contributed by atoms with Gasteiger partial charge in [-0.1, -0.05) is 30.3 Å². The predicted octanol–water partition coefficient (Wildman–Crippen LogP) is 1.80. The minimum absolute atomic E-state index is 0.0565. The summed E-state index contributed by atoms with van der Waals surface area (Å²) in [6.45, 7) is 3.43. The lowest BCUT2D eigenvalue weighted by Crippen LogP contribution is -2.67. The molecule has 1 saturated heterocycles. The summed E-state index contributed by atoms with van der Waals surface area (Å²) in [6.07, 6.45) is -0.794. The first-order valence-corrected chi connectivity index (χ1v) is 9.00. The highest BCUT2D eigenvalue weighted by molar-refractivity contribution is 5.79. The van der Waals surface area contributed by atoms with Gasteiger partial charge in [-0.05, 0) is 12.5 Å². The molecule has 26 heavy (non-hydrogen) atoms. The Hall–Kier alpha value is -1.57. The van der Waals surface area contributed by atoms with Gasteiger partial charge in [0.2, 0.25) is 11.8 Å². The number of amides is 1. The number of alkyl halides is 2. The second kappa shape index (κ2) is 7.58. The molecule has 0 radical (unpaired) electrons. The Labute approximate surface area is 152 Å². The Morgan fingerprint density at radius 2 is 2.04 bits per heavy atom. The van der Waals surface area contributed by atoms with Crippen LogP contribution in [-0.2, 0) is 16.1 Å². The zero-order chi connectivity index (χ0) is 18.8. The summed E-state index contributed by atoms with van der Waals surface area (Å²) < 4.78 is 31.6. The van der Waals surface area contributed by atoms with E-state index in [2.05, 4.69) is 10.2 Å². The molecule has 1 aromatic rings. The van der Waals surface area contributed by atoms with Gasteiger partial charge in [-0.2, -0.15) is 0 Å². The second-order valence-corrected chi connectivity index (χ2v) is 7.54. The fraction of sp³-hybridized carbons (Fsp3) is 0.632. The fourth-order valence-corrected chi connectivity index (χ4v) is 3.75. The third-order valence-corrected chi connectivity index (χ3v) is 5.41. The van der Waals surface area contributed by atoms with Gasteiger partial charge in [0, 0.05) is 37.9 Å². The quantitative estimate of drug-likeness (QED) is 0.804. The minimum atomic E-state index is -2.72. The summed E-state index contributed by atoms with van der Waals surface area (Å²) in [5.41, 5.74) is 0.333. The highest BCUT2D eigenvalue weighted by atomic mass is 19.3. The van der Waals surface area contributed by atoms with Crippen molar-refractivity contribution in [1.29, 1.82) is 0 Å². The third kappa shape index (κ3) is 4.05. The Bertz CT molecular complexity index is 620. The lowest BCUT2D eigenvalue weighted by molar-refractivity contribution is -0.154. The van der Waals surface area contributed by atoms with Crippen molar-refractivity contribution in [2.24, 2.45) is 5.92 Å². The number of carbonyl (C=O) groups is 1. The average molecular weight is 368 g/mol. The maximum absolute atomic E-state index is 13.0. The molecule has 1 aromatic carbocycles. The Kier molecular flexibility index (Phi) is 5.60. The maximum Gasteiger partial charge on any atom is 0.249 e. The topological polar surface area (TPSA) is 61.8 Å². The highest BCUT2D eigenvalue weighted by Crippen LogP contribution is 2.42. The Balaban J connectivity index is 1.68. The van der Waals surface area contributed by atoms with Crippen molar-refractivity contribution < 1.29 is 23.4 Å². The van der Waals surface area contributed by atoms with Gasteiger partial charge >= 0.3 is 0 Å². The molecular weight excluding hydrogens is 342 g/mol. The van der Waals surface area contributed by atoms with Gasteiger partial charge < -0.3 is 15.2 Å². The summed E-state index contributed by atoms with van der Waals surface area (Å²) in [4.78, 5) is 14.3. The summed E-state index contributed by atoms with van der Waals surface area (Å²) in [5.74, 6) is -3.75. The van der Waals surface area contributed by atoms with Crippen molar-refractivity contribution in [3.05, 3.63) is 35.9 Å². The van der Waals surface area contributed by atoms with Gasteiger partial charge in [0.15, 0.2) is 0 Å². The van der Waals surface area contributed by atoms with Gasteiger partial charge in [-0.15, -0.1) is 0 Å². The van der Waals surface area contributed by atoms with Crippen molar-refractivity contribution >= 4 is 5.91 Å². The van der Waals surface area contributed by atoms with E-state index in [1.165, 1.54) is 0 Å². The number of hydrogen-bond donors (Lipinski definition) is 2. The maximum atomic E-state index is 13.0. The number of morpholine rings is 1. The first kappa shape index (κ1) is 19.2. The Morgan fingerprint density at radius 1 is 1.35 bits per heavy atom. The molecule has 2 N–H and O–H groups in total. The van der Waals surface area contributed by atoms with Crippen LogP contribution < -0.4 is 5.32 Å². The van der Waals surface area contributed by atoms with Crippen LogP contribution in [0.2, 0.25) is 0 Å². The number of benzene rings is 1. The van der Waals surface area contributed by atoms with E-state index in [4.69, 9.17) is 4.74 Å². The van der Waals surface area contributed by atoms with E-state index in [-0.39, 0.29) is 31.7 Å². The van der Waals surface area contributed by atoms with Gasteiger partial charge in [-0.25, -0.2) is 8.78 Å². The average Bonchev–Trinajstić information content (AvgIpc) is 2.61. The number of aliphatic hydroxyl groups is 1. The van der Waals surface area contributed by atoms with Crippen LogP contribution in [0.25, 0.3) is 0 Å². The number of carbonyl (C=O) groups excluding carboxylic acids is 1. The van der Waals surface area contributed by atoms with E-state index in [9.17, 15) is 18.7 Å². The lowest BCUT2D eigenvalue weighted by atomic mass is 9.80. The summed E-state index contributed by atoms with van der Waals surface area (Å²) in [7, 11) is 0. The molecule has 0 spiro atoms. The highest BCUT2D eigenvalue weighted by Gasteiger charge is 2.49. The molecule has 1 amide bonds. The van der Waals surface area contributed by atoms with E-state index < -0.39 is 30.2 Å². The molecule has 0 unspecified atom stereocenters. The molecule has 2 atom stereocenters. The summed E-state index contributed by atoms with van der Waals surface area (Å²) in [6, 6.07) is 9.94. The molecule has 1 heterocycles. The van der Waals surface area contributed by atoms with E-state index >= 15 is 0 Å². The van der Waals surface area contributed by atoms with Gasteiger partial charge in [-0.3, -0.25) is 9.69 Å². The molecule has 1 aliphatic heterocycles. The standard InChI is InChI=1S/C19H26F2N2O3/c1-14-10-26-13-18(12-24,23(14)9-15-5-3-2-4-6-15)11-22-17(25)16-7-19(20,21)8-16/h2-6,14,16,24H,7-13H2,1H3,(H,22,25)/t14-,18+/m1/s1. The van der Waals surface area contributed by atoms with Crippen molar-refractivity contribution in [3.63, 3.8) is 0 Å². The van der Waals surface area contributed by atoms with Crippen molar-refractivity contribution in [2.45, 2.75) is 43.8 Å². The largest absolute Gasteiger partial charge is 0.394 e. The molecule has 0 bridgehead atoms.